The zero-order valence-corrected chi connectivity index (χ0v) is 13.7. The van der Waals surface area contributed by atoms with Gasteiger partial charge in [-0.2, -0.15) is 0 Å². The Kier molecular flexibility index (Phi) is 4.43. The van der Waals surface area contributed by atoms with Gasteiger partial charge in [0.15, 0.2) is 0 Å². The molecule has 0 unspecified atom stereocenters. The van der Waals surface area contributed by atoms with Crippen LogP contribution < -0.4 is 4.74 Å². The molecule has 1 fully saturated rings. The molecule has 116 valence electrons. The van der Waals surface area contributed by atoms with Crippen LogP contribution in [0.15, 0.2) is 29.6 Å². The molecule has 0 bridgehead atoms. The van der Waals surface area contributed by atoms with Crippen LogP contribution in [0.1, 0.15) is 39.8 Å². The minimum Gasteiger partial charge on any atom is -0.497 e. The maximum atomic E-state index is 12.7. The highest BCUT2D eigenvalue weighted by Gasteiger charge is 2.27. The molecule has 1 amide bonds. The molecule has 0 aliphatic carbocycles. The van der Waals surface area contributed by atoms with Crippen LogP contribution in [-0.4, -0.2) is 36.0 Å². The molecular formula is C17H20N2O2S. The number of ether oxygens (including phenoxy) is 1. The van der Waals surface area contributed by atoms with E-state index in [0.29, 0.717) is 11.5 Å². The molecule has 0 radical (unpaired) electrons. The summed E-state index contributed by atoms with van der Waals surface area (Å²) in [6.07, 6.45) is 2.13. The molecule has 2 heterocycles. The Morgan fingerprint density at radius 1 is 1.45 bits per heavy atom. The van der Waals surface area contributed by atoms with Gasteiger partial charge in [-0.15, -0.1) is 11.3 Å². The first kappa shape index (κ1) is 15.0. The van der Waals surface area contributed by atoms with E-state index in [1.165, 1.54) is 0 Å². The Bertz CT molecular complexity index is 668. The lowest BCUT2D eigenvalue weighted by atomic mass is 9.98. The van der Waals surface area contributed by atoms with Crippen LogP contribution in [-0.2, 0) is 0 Å². The van der Waals surface area contributed by atoms with Crippen molar-refractivity contribution in [3.63, 3.8) is 0 Å². The van der Waals surface area contributed by atoms with Gasteiger partial charge in [-0.1, -0.05) is 6.07 Å². The molecular weight excluding hydrogens is 296 g/mol. The predicted octanol–water partition coefficient (Wildman–Crippen LogP) is 3.48. The van der Waals surface area contributed by atoms with Gasteiger partial charge in [0.25, 0.3) is 5.91 Å². The number of hydrogen-bond donors (Lipinski definition) is 0. The fraction of sp³-hybridized carbons (Fsp3) is 0.412. The first-order chi connectivity index (χ1) is 10.7. The highest BCUT2D eigenvalue weighted by molar-refractivity contribution is 7.09. The molecule has 1 atom stereocenters. The van der Waals surface area contributed by atoms with Crippen molar-refractivity contribution in [2.45, 2.75) is 25.7 Å². The molecule has 1 aromatic carbocycles. The summed E-state index contributed by atoms with van der Waals surface area (Å²) in [6.45, 7) is 3.59. The van der Waals surface area contributed by atoms with Crippen LogP contribution in [0.4, 0.5) is 0 Å². The first-order valence-electron chi connectivity index (χ1n) is 7.52. The van der Waals surface area contributed by atoms with Crippen LogP contribution in [0.3, 0.4) is 0 Å². The molecule has 22 heavy (non-hydrogen) atoms. The second-order valence-electron chi connectivity index (χ2n) is 5.65. The number of methoxy groups -OCH3 is 1. The Morgan fingerprint density at radius 2 is 2.32 bits per heavy atom. The number of hydrogen-bond acceptors (Lipinski definition) is 4. The number of amides is 1. The minimum absolute atomic E-state index is 0.0804. The van der Waals surface area contributed by atoms with Gasteiger partial charge in [0.2, 0.25) is 0 Å². The zero-order valence-electron chi connectivity index (χ0n) is 12.9. The van der Waals surface area contributed by atoms with Crippen LogP contribution >= 0.6 is 11.3 Å². The monoisotopic (exact) mass is 316 g/mol. The smallest absolute Gasteiger partial charge is 0.254 e. The van der Waals surface area contributed by atoms with Gasteiger partial charge in [0, 0.05) is 35.6 Å². The van der Waals surface area contributed by atoms with E-state index in [1.807, 2.05) is 30.0 Å². The lowest BCUT2D eigenvalue weighted by molar-refractivity contribution is 0.0706. The Morgan fingerprint density at radius 3 is 3.05 bits per heavy atom. The van der Waals surface area contributed by atoms with Gasteiger partial charge >= 0.3 is 0 Å². The number of piperidine rings is 1. The summed E-state index contributed by atoms with van der Waals surface area (Å²) in [5.74, 6) is 1.16. The number of benzene rings is 1. The summed E-state index contributed by atoms with van der Waals surface area (Å²) in [7, 11) is 1.62. The van der Waals surface area contributed by atoms with E-state index in [4.69, 9.17) is 4.74 Å². The lowest BCUT2D eigenvalue weighted by Crippen LogP contribution is -2.39. The summed E-state index contributed by atoms with van der Waals surface area (Å²) in [5, 5.41) is 3.23. The van der Waals surface area contributed by atoms with E-state index in [1.54, 1.807) is 24.5 Å². The average Bonchev–Trinajstić information content (AvgIpc) is 3.01. The summed E-state index contributed by atoms with van der Waals surface area (Å²) >= 11 is 1.70. The third-order valence-corrected chi connectivity index (χ3v) is 5.14. The van der Waals surface area contributed by atoms with Crippen molar-refractivity contribution in [2.24, 2.45) is 0 Å². The largest absolute Gasteiger partial charge is 0.497 e. The van der Waals surface area contributed by atoms with Crippen molar-refractivity contribution < 1.29 is 9.53 Å². The highest BCUT2D eigenvalue weighted by Crippen LogP contribution is 2.30. The molecule has 4 nitrogen and oxygen atoms in total. The molecule has 1 aliphatic heterocycles. The van der Waals surface area contributed by atoms with Gasteiger partial charge < -0.3 is 9.64 Å². The summed E-state index contributed by atoms with van der Waals surface area (Å²) < 4.78 is 5.21. The van der Waals surface area contributed by atoms with Crippen molar-refractivity contribution in [1.29, 1.82) is 0 Å². The number of aryl methyl sites for hydroxylation is 1. The number of thiazole rings is 1. The molecule has 2 aromatic rings. The van der Waals surface area contributed by atoms with E-state index in [9.17, 15) is 4.79 Å². The van der Waals surface area contributed by atoms with Crippen LogP contribution in [0.5, 0.6) is 5.75 Å². The van der Waals surface area contributed by atoms with Crippen LogP contribution in [0.2, 0.25) is 0 Å². The summed E-state index contributed by atoms with van der Waals surface area (Å²) in [6, 6.07) is 7.37. The Hall–Kier alpha value is -1.88. The lowest BCUT2D eigenvalue weighted by Gasteiger charge is -2.32. The standard InChI is InChI=1S/C17H20N2O2S/c1-12-11-22-16(18-12)14-6-4-8-19(10-14)17(20)13-5-3-7-15(9-13)21-2/h3,5,7,9,11,14H,4,6,8,10H2,1-2H3/t14-/m0/s1. The van der Waals surface area contributed by atoms with Gasteiger partial charge in [-0.25, -0.2) is 4.98 Å². The van der Waals surface area contributed by atoms with Crippen LogP contribution in [0.25, 0.3) is 0 Å². The molecule has 1 aliphatic rings. The topological polar surface area (TPSA) is 42.4 Å². The molecule has 5 heteroatoms. The van der Waals surface area contributed by atoms with Crippen molar-refractivity contribution in [3.05, 3.63) is 45.9 Å². The normalized spacial score (nSPS) is 18.3. The Balaban J connectivity index is 1.75. The fourth-order valence-electron chi connectivity index (χ4n) is 2.86. The average molecular weight is 316 g/mol. The van der Waals surface area contributed by atoms with Gasteiger partial charge in [-0.05, 0) is 38.0 Å². The van der Waals surface area contributed by atoms with Crippen molar-refractivity contribution in [3.8, 4) is 5.75 Å². The van der Waals surface area contributed by atoms with Crippen molar-refractivity contribution >= 4 is 17.2 Å². The van der Waals surface area contributed by atoms with Crippen molar-refractivity contribution in [2.75, 3.05) is 20.2 Å². The Labute approximate surface area is 134 Å². The minimum atomic E-state index is 0.0804. The second-order valence-corrected chi connectivity index (χ2v) is 6.54. The molecule has 1 aromatic heterocycles. The number of nitrogens with zero attached hydrogens (tertiary/aromatic N) is 2. The maximum Gasteiger partial charge on any atom is 0.254 e. The highest BCUT2D eigenvalue weighted by atomic mass is 32.1. The molecule has 1 saturated heterocycles. The summed E-state index contributed by atoms with van der Waals surface area (Å²) in [5.41, 5.74) is 1.76. The predicted molar refractivity (Wildman–Crippen MR) is 87.7 cm³/mol. The third-order valence-electron chi connectivity index (χ3n) is 4.01. The van der Waals surface area contributed by atoms with E-state index in [-0.39, 0.29) is 5.91 Å². The SMILES string of the molecule is COc1cccc(C(=O)N2CCC[C@H](c3nc(C)cs3)C2)c1. The second kappa shape index (κ2) is 6.48. The van der Waals surface area contributed by atoms with Crippen LogP contribution in [0, 0.1) is 6.92 Å². The van der Waals surface area contributed by atoms with E-state index in [0.717, 1.165) is 42.4 Å². The van der Waals surface area contributed by atoms with Gasteiger partial charge in [-0.3, -0.25) is 4.79 Å². The van der Waals surface area contributed by atoms with E-state index in [2.05, 4.69) is 10.4 Å². The summed E-state index contributed by atoms with van der Waals surface area (Å²) in [4.78, 5) is 19.2. The number of likely N-dealkylation sites (tertiary alicyclic amines) is 1. The fourth-order valence-corrected chi connectivity index (χ4v) is 3.79. The molecule has 0 spiro atoms. The molecule has 0 N–H and O–H groups in total. The molecule has 3 rings (SSSR count). The molecule has 0 saturated carbocycles. The maximum absolute atomic E-state index is 12.7. The number of carbonyl (C=O) groups is 1. The number of carbonyl (C=O) groups excluding carboxylic acids is 1. The van der Waals surface area contributed by atoms with Gasteiger partial charge in [0.1, 0.15) is 5.75 Å². The van der Waals surface area contributed by atoms with Gasteiger partial charge in [0.05, 0.1) is 12.1 Å². The first-order valence-corrected chi connectivity index (χ1v) is 8.40. The van der Waals surface area contributed by atoms with Crippen molar-refractivity contribution in [1.82, 2.24) is 9.88 Å². The zero-order chi connectivity index (χ0) is 15.5. The van der Waals surface area contributed by atoms with E-state index >= 15 is 0 Å². The quantitative estimate of drug-likeness (QED) is 0.870. The number of aromatic nitrogens is 1. The number of rotatable bonds is 3. The third kappa shape index (κ3) is 3.14. The van der Waals surface area contributed by atoms with E-state index < -0.39 is 0 Å².